The fourth-order valence-electron chi connectivity index (χ4n) is 2.96. The molecule has 7 nitrogen and oxygen atoms in total. The number of carbonyl (C=O) groups is 3. The van der Waals surface area contributed by atoms with Gasteiger partial charge in [0, 0.05) is 22.6 Å². The van der Waals surface area contributed by atoms with E-state index in [1.54, 1.807) is 18.2 Å². The summed E-state index contributed by atoms with van der Waals surface area (Å²) in [6, 6.07) is 12.6. The minimum Gasteiger partial charge on any atom is -0.482 e. The first-order valence-electron chi connectivity index (χ1n) is 9.76. The fraction of sp³-hybridized carbons (Fsp3) is 0.318. The van der Waals surface area contributed by atoms with Crippen LogP contribution in [0.2, 0.25) is 0 Å². The summed E-state index contributed by atoms with van der Waals surface area (Å²) in [5, 5.41) is 5.71. The number of rotatable bonds is 7. The monoisotopic (exact) mass is 473 g/mol. The van der Waals surface area contributed by atoms with Crippen LogP contribution < -0.4 is 20.3 Å². The van der Waals surface area contributed by atoms with Crippen molar-refractivity contribution in [3.05, 3.63) is 52.5 Å². The number of anilines is 2. The van der Waals surface area contributed by atoms with E-state index in [-0.39, 0.29) is 43.3 Å². The number of hydrogen-bond acceptors (Lipinski definition) is 4. The van der Waals surface area contributed by atoms with Crippen molar-refractivity contribution in [2.45, 2.75) is 26.8 Å². The third-order valence-corrected chi connectivity index (χ3v) is 5.40. The van der Waals surface area contributed by atoms with Crippen LogP contribution in [0.25, 0.3) is 0 Å². The van der Waals surface area contributed by atoms with Gasteiger partial charge in [-0.05, 0) is 42.3 Å². The van der Waals surface area contributed by atoms with Crippen LogP contribution in [0.5, 0.6) is 5.75 Å². The van der Waals surface area contributed by atoms with Gasteiger partial charge >= 0.3 is 0 Å². The van der Waals surface area contributed by atoms with Crippen molar-refractivity contribution in [1.29, 1.82) is 0 Å². The van der Waals surface area contributed by atoms with E-state index in [9.17, 15) is 14.4 Å². The third-order valence-electron chi connectivity index (χ3n) is 4.91. The van der Waals surface area contributed by atoms with Crippen molar-refractivity contribution in [3.8, 4) is 5.75 Å². The normalized spacial score (nSPS) is 13.8. The molecule has 1 aliphatic rings. The van der Waals surface area contributed by atoms with Crippen LogP contribution in [-0.2, 0) is 20.9 Å². The largest absolute Gasteiger partial charge is 0.482 e. The Kier molecular flexibility index (Phi) is 7.10. The number of benzene rings is 2. The summed E-state index contributed by atoms with van der Waals surface area (Å²) in [6.07, 6.45) is 0.766. The summed E-state index contributed by atoms with van der Waals surface area (Å²) in [6.45, 7) is 3.93. The molecular weight excluding hydrogens is 450 g/mol. The van der Waals surface area contributed by atoms with Gasteiger partial charge in [0.15, 0.2) is 6.61 Å². The molecule has 2 N–H and O–H groups in total. The topological polar surface area (TPSA) is 87.7 Å². The zero-order chi connectivity index (χ0) is 21.7. The van der Waals surface area contributed by atoms with Gasteiger partial charge in [0.25, 0.3) is 5.91 Å². The predicted octanol–water partition coefficient (Wildman–Crippen LogP) is 3.48. The number of ether oxygens (including phenoxy) is 1. The van der Waals surface area contributed by atoms with Crippen LogP contribution in [0, 0.1) is 5.92 Å². The van der Waals surface area contributed by atoms with Crippen molar-refractivity contribution in [2.24, 2.45) is 5.92 Å². The van der Waals surface area contributed by atoms with E-state index in [0.717, 1.165) is 16.5 Å². The molecule has 0 aromatic heterocycles. The maximum atomic E-state index is 12.5. The van der Waals surface area contributed by atoms with Crippen molar-refractivity contribution < 1.29 is 19.1 Å². The van der Waals surface area contributed by atoms with Gasteiger partial charge in [-0.2, -0.15) is 0 Å². The number of hydrogen-bond donors (Lipinski definition) is 2. The van der Waals surface area contributed by atoms with Crippen LogP contribution in [0.3, 0.4) is 0 Å². The maximum Gasteiger partial charge on any atom is 0.265 e. The lowest BCUT2D eigenvalue weighted by Crippen LogP contribution is -2.45. The molecule has 3 rings (SSSR count). The van der Waals surface area contributed by atoms with Gasteiger partial charge in [0.1, 0.15) is 12.3 Å². The molecule has 0 fully saturated rings. The molecule has 0 saturated heterocycles. The standard InChI is InChI=1S/C22H24BrN3O4/c1-3-14(2)22(29)25-17-6-4-5-15(9-17)11-24-20(27)12-26-18-8-7-16(23)10-19(18)30-13-21(26)28/h4-10,14H,3,11-13H2,1-2H3,(H,24,27)(H,25,29). The van der Waals surface area contributed by atoms with E-state index in [1.807, 2.05) is 38.1 Å². The molecule has 2 aromatic carbocycles. The molecule has 1 atom stereocenters. The van der Waals surface area contributed by atoms with E-state index in [4.69, 9.17) is 4.74 Å². The average Bonchev–Trinajstić information content (AvgIpc) is 2.74. The zero-order valence-corrected chi connectivity index (χ0v) is 18.5. The number of amides is 3. The zero-order valence-electron chi connectivity index (χ0n) is 16.9. The average molecular weight is 474 g/mol. The van der Waals surface area contributed by atoms with Crippen LogP contribution in [0.4, 0.5) is 11.4 Å². The first-order valence-corrected chi connectivity index (χ1v) is 10.6. The molecule has 0 aliphatic carbocycles. The van der Waals surface area contributed by atoms with Gasteiger partial charge < -0.3 is 15.4 Å². The highest BCUT2D eigenvalue weighted by atomic mass is 79.9. The third kappa shape index (κ3) is 5.38. The predicted molar refractivity (Wildman–Crippen MR) is 118 cm³/mol. The molecule has 30 heavy (non-hydrogen) atoms. The van der Waals surface area contributed by atoms with E-state index in [2.05, 4.69) is 26.6 Å². The van der Waals surface area contributed by atoms with Gasteiger partial charge in [0.05, 0.1) is 5.69 Å². The molecule has 0 saturated carbocycles. The Labute approximate surface area is 183 Å². The van der Waals surface area contributed by atoms with Crippen molar-refractivity contribution >= 4 is 45.0 Å². The second kappa shape index (κ2) is 9.75. The van der Waals surface area contributed by atoms with Crippen LogP contribution in [0.15, 0.2) is 46.9 Å². The van der Waals surface area contributed by atoms with Gasteiger partial charge in [-0.3, -0.25) is 19.3 Å². The fourth-order valence-corrected chi connectivity index (χ4v) is 3.30. The van der Waals surface area contributed by atoms with Gasteiger partial charge in [-0.25, -0.2) is 0 Å². The molecule has 158 valence electrons. The van der Waals surface area contributed by atoms with Crippen LogP contribution in [0.1, 0.15) is 25.8 Å². The maximum absolute atomic E-state index is 12.5. The Morgan fingerprint density at radius 2 is 2.03 bits per heavy atom. The molecular formula is C22H24BrN3O4. The molecule has 1 aliphatic heterocycles. The molecule has 8 heteroatoms. The Morgan fingerprint density at radius 1 is 1.23 bits per heavy atom. The molecule has 0 radical (unpaired) electrons. The summed E-state index contributed by atoms with van der Waals surface area (Å²) < 4.78 is 6.27. The van der Waals surface area contributed by atoms with Crippen LogP contribution in [-0.4, -0.2) is 30.9 Å². The van der Waals surface area contributed by atoms with Gasteiger partial charge in [-0.1, -0.05) is 41.9 Å². The van der Waals surface area contributed by atoms with Crippen molar-refractivity contribution in [3.63, 3.8) is 0 Å². The summed E-state index contributed by atoms with van der Waals surface area (Å²) in [4.78, 5) is 38.2. The Balaban J connectivity index is 1.60. The quantitative estimate of drug-likeness (QED) is 0.644. The highest BCUT2D eigenvalue weighted by Crippen LogP contribution is 2.34. The minimum atomic E-state index is -0.284. The smallest absolute Gasteiger partial charge is 0.265 e. The lowest BCUT2D eigenvalue weighted by molar-refractivity contribution is -0.125. The first kappa shape index (κ1) is 21.8. The first-order chi connectivity index (χ1) is 14.4. The second-order valence-electron chi connectivity index (χ2n) is 7.16. The molecule has 1 heterocycles. The lowest BCUT2D eigenvalue weighted by Gasteiger charge is -2.29. The van der Waals surface area contributed by atoms with Gasteiger partial charge in [-0.15, -0.1) is 0 Å². The number of nitrogens with zero attached hydrogens (tertiary/aromatic N) is 1. The summed E-state index contributed by atoms with van der Waals surface area (Å²) in [7, 11) is 0. The van der Waals surface area contributed by atoms with Crippen molar-refractivity contribution in [1.82, 2.24) is 5.32 Å². The summed E-state index contributed by atoms with van der Waals surface area (Å²) in [5.41, 5.74) is 2.11. The SMILES string of the molecule is CCC(C)C(=O)Nc1cccc(CNC(=O)CN2C(=O)COc3cc(Br)ccc32)c1. The number of nitrogens with one attached hydrogen (secondary N) is 2. The minimum absolute atomic E-state index is 0.0326. The number of halogens is 1. The molecule has 3 amide bonds. The molecule has 0 spiro atoms. The number of fused-ring (bicyclic) bond motifs is 1. The van der Waals surface area contributed by atoms with E-state index in [1.165, 1.54) is 4.90 Å². The van der Waals surface area contributed by atoms with E-state index >= 15 is 0 Å². The highest BCUT2D eigenvalue weighted by molar-refractivity contribution is 9.10. The number of carbonyl (C=O) groups excluding carboxylic acids is 3. The molecule has 2 aromatic rings. The Hall–Kier alpha value is -2.87. The van der Waals surface area contributed by atoms with E-state index < -0.39 is 0 Å². The highest BCUT2D eigenvalue weighted by Gasteiger charge is 2.27. The Bertz CT molecular complexity index is 963. The summed E-state index contributed by atoms with van der Waals surface area (Å²) >= 11 is 3.37. The van der Waals surface area contributed by atoms with Gasteiger partial charge in [0.2, 0.25) is 11.8 Å². The lowest BCUT2D eigenvalue weighted by atomic mass is 10.1. The van der Waals surface area contributed by atoms with E-state index in [0.29, 0.717) is 17.1 Å². The van der Waals surface area contributed by atoms with Crippen molar-refractivity contribution in [2.75, 3.05) is 23.4 Å². The Morgan fingerprint density at radius 3 is 2.80 bits per heavy atom. The van der Waals surface area contributed by atoms with Crippen LogP contribution >= 0.6 is 15.9 Å². The summed E-state index contributed by atoms with van der Waals surface area (Å²) in [5.74, 6) is -0.0952. The molecule has 1 unspecified atom stereocenters. The second-order valence-corrected chi connectivity index (χ2v) is 8.07. The molecule has 0 bridgehead atoms.